The van der Waals surface area contributed by atoms with Crippen molar-refractivity contribution in [1.29, 1.82) is 0 Å². The summed E-state index contributed by atoms with van der Waals surface area (Å²) in [6, 6.07) is 13.3. The van der Waals surface area contributed by atoms with Gasteiger partial charge in [0, 0.05) is 18.0 Å². The Kier molecular flexibility index (Phi) is 4.10. The Hall–Kier alpha value is -3.15. The molecule has 0 fully saturated rings. The van der Waals surface area contributed by atoms with Crippen molar-refractivity contribution in [2.45, 2.75) is 6.54 Å². The van der Waals surface area contributed by atoms with Gasteiger partial charge in [-0.15, -0.1) is 0 Å². The van der Waals surface area contributed by atoms with Crippen LogP contribution in [0.3, 0.4) is 0 Å². The molecule has 0 radical (unpaired) electrons. The summed E-state index contributed by atoms with van der Waals surface area (Å²) in [6.45, 7) is 0.291. The molecule has 3 rings (SSSR count). The van der Waals surface area contributed by atoms with Gasteiger partial charge in [0.05, 0.1) is 17.9 Å². The molecule has 0 aliphatic heterocycles. The standard InChI is InChI=1S/C16H13N5O/c22-16(15-17-7-4-8-18-15)19-10-13-9-14(21-11-20-13)12-5-2-1-3-6-12/h1-9,11H,10H2,(H,19,22). The molecule has 0 saturated carbocycles. The van der Waals surface area contributed by atoms with Crippen molar-refractivity contribution < 1.29 is 4.79 Å². The minimum Gasteiger partial charge on any atom is -0.344 e. The van der Waals surface area contributed by atoms with E-state index in [1.807, 2.05) is 36.4 Å². The number of benzene rings is 1. The molecule has 2 aromatic heterocycles. The van der Waals surface area contributed by atoms with E-state index in [4.69, 9.17) is 0 Å². The van der Waals surface area contributed by atoms with Gasteiger partial charge in [-0.2, -0.15) is 0 Å². The molecule has 0 aliphatic rings. The van der Waals surface area contributed by atoms with Gasteiger partial charge in [-0.05, 0) is 12.1 Å². The largest absolute Gasteiger partial charge is 0.344 e. The number of carbonyl (C=O) groups excluding carboxylic acids is 1. The molecule has 0 aliphatic carbocycles. The van der Waals surface area contributed by atoms with E-state index in [2.05, 4.69) is 25.3 Å². The molecule has 1 amide bonds. The molecule has 0 atom stereocenters. The van der Waals surface area contributed by atoms with Crippen molar-refractivity contribution in [1.82, 2.24) is 25.3 Å². The summed E-state index contributed by atoms with van der Waals surface area (Å²) in [5, 5.41) is 2.74. The highest BCUT2D eigenvalue weighted by Gasteiger charge is 2.08. The third-order valence-corrected chi connectivity index (χ3v) is 2.99. The molecule has 2 heterocycles. The minimum absolute atomic E-state index is 0.139. The number of aromatic nitrogens is 4. The van der Waals surface area contributed by atoms with Crippen molar-refractivity contribution in [3.8, 4) is 11.3 Å². The van der Waals surface area contributed by atoms with E-state index < -0.39 is 0 Å². The van der Waals surface area contributed by atoms with Crippen molar-refractivity contribution in [2.24, 2.45) is 0 Å². The highest BCUT2D eigenvalue weighted by atomic mass is 16.2. The smallest absolute Gasteiger partial charge is 0.289 e. The molecular weight excluding hydrogens is 278 g/mol. The molecule has 3 aromatic rings. The average Bonchev–Trinajstić information content (AvgIpc) is 2.61. The van der Waals surface area contributed by atoms with Crippen molar-refractivity contribution in [2.75, 3.05) is 0 Å². The second kappa shape index (κ2) is 6.53. The second-order valence-electron chi connectivity index (χ2n) is 4.52. The van der Waals surface area contributed by atoms with E-state index in [0.717, 1.165) is 17.0 Å². The molecule has 0 bridgehead atoms. The Balaban J connectivity index is 1.70. The van der Waals surface area contributed by atoms with Crippen LogP contribution in [0.15, 0.2) is 61.2 Å². The summed E-state index contributed by atoms with van der Waals surface area (Å²) in [5.74, 6) is -0.194. The van der Waals surface area contributed by atoms with Crippen LogP contribution in [0.2, 0.25) is 0 Å². The monoisotopic (exact) mass is 291 g/mol. The number of hydrogen-bond donors (Lipinski definition) is 1. The predicted octanol–water partition coefficient (Wildman–Crippen LogP) is 1.86. The van der Waals surface area contributed by atoms with Gasteiger partial charge < -0.3 is 5.32 Å². The third kappa shape index (κ3) is 3.29. The molecule has 0 unspecified atom stereocenters. The molecule has 1 aromatic carbocycles. The van der Waals surface area contributed by atoms with Crippen LogP contribution in [0.5, 0.6) is 0 Å². The molecule has 0 saturated heterocycles. The van der Waals surface area contributed by atoms with Crippen LogP contribution in [-0.2, 0) is 6.54 Å². The van der Waals surface area contributed by atoms with E-state index in [1.54, 1.807) is 6.07 Å². The van der Waals surface area contributed by atoms with Crippen LogP contribution < -0.4 is 5.32 Å². The maximum Gasteiger partial charge on any atom is 0.289 e. The van der Waals surface area contributed by atoms with Gasteiger partial charge >= 0.3 is 0 Å². The fourth-order valence-corrected chi connectivity index (χ4v) is 1.93. The Morgan fingerprint density at radius 2 is 1.73 bits per heavy atom. The summed E-state index contributed by atoms with van der Waals surface area (Å²) < 4.78 is 0. The average molecular weight is 291 g/mol. The van der Waals surface area contributed by atoms with Crippen molar-refractivity contribution >= 4 is 5.91 Å². The second-order valence-corrected chi connectivity index (χ2v) is 4.52. The highest BCUT2D eigenvalue weighted by Crippen LogP contribution is 2.15. The lowest BCUT2D eigenvalue weighted by molar-refractivity contribution is 0.0940. The van der Waals surface area contributed by atoms with Gasteiger partial charge in [0.2, 0.25) is 5.82 Å². The zero-order valence-electron chi connectivity index (χ0n) is 11.7. The maximum absolute atomic E-state index is 11.9. The van der Waals surface area contributed by atoms with Crippen molar-refractivity contribution in [3.05, 3.63) is 72.7 Å². The van der Waals surface area contributed by atoms with Gasteiger partial charge in [0.15, 0.2) is 0 Å². The first-order valence-electron chi connectivity index (χ1n) is 6.74. The molecule has 0 spiro atoms. The Labute approximate surface area is 127 Å². The van der Waals surface area contributed by atoms with Gasteiger partial charge in [-0.3, -0.25) is 4.79 Å². The van der Waals surface area contributed by atoms with Crippen molar-refractivity contribution in [3.63, 3.8) is 0 Å². The van der Waals surface area contributed by atoms with Gasteiger partial charge in [-0.1, -0.05) is 30.3 Å². The Morgan fingerprint density at radius 1 is 0.955 bits per heavy atom. The summed E-state index contributed by atoms with van der Waals surface area (Å²) >= 11 is 0. The zero-order valence-corrected chi connectivity index (χ0v) is 11.7. The van der Waals surface area contributed by atoms with E-state index in [0.29, 0.717) is 6.54 Å². The highest BCUT2D eigenvalue weighted by molar-refractivity contribution is 5.90. The maximum atomic E-state index is 11.9. The molecule has 6 heteroatoms. The van der Waals surface area contributed by atoms with Crippen LogP contribution >= 0.6 is 0 Å². The first-order chi connectivity index (χ1) is 10.8. The summed E-state index contributed by atoms with van der Waals surface area (Å²) in [6.07, 6.45) is 4.54. The zero-order chi connectivity index (χ0) is 15.2. The van der Waals surface area contributed by atoms with Gasteiger partial charge in [-0.25, -0.2) is 19.9 Å². The first kappa shape index (κ1) is 13.8. The van der Waals surface area contributed by atoms with Crippen LogP contribution in [0, 0.1) is 0 Å². The topological polar surface area (TPSA) is 80.7 Å². The van der Waals surface area contributed by atoms with E-state index in [9.17, 15) is 4.79 Å². The summed E-state index contributed by atoms with van der Waals surface area (Å²) in [4.78, 5) is 28.1. The number of nitrogens with zero attached hydrogens (tertiary/aromatic N) is 4. The number of nitrogens with one attached hydrogen (secondary N) is 1. The number of amides is 1. The lowest BCUT2D eigenvalue weighted by Gasteiger charge is -2.05. The molecule has 6 nitrogen and oxygen atoms in total. The Bertz CT molecular complexity index is 762. The first-order valence-corrected chi connectivity index (χ1v) is 6.74. The van der Waals surface area contributed by atoms with Crippen LogP contribution in [0.4, 0.5) is 0 Å². The van der Waals surface area contributed by atoms with E-state index in [-0.39, 0.29) is 11.7 Å². The van der Waals surface area contributed by atoms with Crippen LogP contribution in [0.25, 0.3) is 11.3 Å². The Morgan fingerprint density at radius 3 is 2.50 bits per heavy atom. The fraction of sp³-hybridized carbons (Fsp3) is 0.0625. The SMILES string of the molecule is O=C(NCc1cc(-c2ccccc2)ncn1)c1ncccn1. The molecule has 22 heavy (non-hydrogen) atoms. The summed E-state index contributed by atoms with van der Waals surface area (Å²) in [7, 11) is 0. The number of hydrogen-bond acceptors (Lipinski definition) is 5. The van der Waals surface area contributed by atoms with Gasteiger partial charge in [0.1, 0.15) is 6.33 Å². The lowest BCUT2D eigenvalue weighted by Crippen LogP contribution is -2.25. The molecule has 1 N–H and O–H groups in total. The normalized spacial score (nSPS) is 10.2. The number of rotatable bonds is 4. The predicted molar refractivity (Wildman–Crippen MR) is 80.7 cm³/mol. The fourth-order valence-electron chi connectivity index (χ4n) is 1.93. The lowest BCUT2D eigenvalue weighted by atomic mass is 10.1. The summed E-state index contributed by atoms with van der Waals surface area (Å²) in [5.41, 5.74) is 2.54. The third-order valence-electron chi connectivity index (χ3n) is 2.99. The van der Waals surface area contributed by atoms with E-state index >= 15 is 0 Å². The van der Waals surface area contributed by atoms with E-state index in [1.165, 1.54) is 18.7 Å². The van der Waals surface area contributed by atoms with Crippen LogP contribution in [0.1, 0.15) is 16.3 Å². The quantitative estimate of drug-likeness (QED) is 0.793. The molecular formula is C16H13N5O. The number of carbonyl (C=O) groups is 1. The van der Waals surface area contributed by atoms with Gasteiger partial charge in [0.25, 0.3) is 5.91 Å². The minimum atomic E-state index is -0.333. The molecule has 108 valence electrons. The van der Waals surface area contributed by atoms with Crippen LogP contribution in [-0.4, -0.2) is 25.8 Å².